The molecule has 1 saturated heterocycles. The number of nitrogens with zero attached hydrogens (tertiary/aromatic N) is 2. The Morgan fingerprint density at radius 2 is 1.88 bits per heavy atom. The summed E-state index contributed by atoms with van der Waals surface area (Å²) in [7, 11) is 0. The number of anilines is 1. The summed E-state index contributed by atoms with van der Waals surface area (Å²) in [6.45, 7) is 0.972. The minimum Gasteiger partial charge on any atom is -0.369 e. The normalized spacial score (nSPS) is 14.8. The van der Waals surface area contributed by atoms with Gasteiger partial charge in [0.05, 0.1) is 6.42 Å². The predicted octanol–water partition coefficient (Wildman–Crippen LogP) is 1.66. The average molecular weight is 372 g/mol. The molecule has 1 aliphatic rings. The second-order valence-electron chi connectivity index (χ2n) is 6.22. The number of likely N-dealkylation sites (tertiary alicyclic amines) is 1. The van der Waals surface area contributed by atoms with Crippen molar-refractivity contribution >= 4 is 34.2 Å². The largest absolute Gasteiger partial charge is 0.369 e. The van der Waals surface area contributed by atoms with Gasteiger partial charge in [-0.3, -0.25) is 14.4 Å². The van der Waals surface area contributed by atoms with Crippen molar-refractivity contribution < 1.29 is 14.4 Å². The fourth-order valence-electron chi connectivity index (χ4n) is 2.90. The summed E-state index contributed by atoms with van der Waals surface area (Å²) >= 11 is 1.22. The summed E-state index contributed by atoms with van der Waals surface area (Å²) in [5.74, 6) is -0.837. The standard InChI is InChI=1S/C18H20N4O3S/c19-16(24)13-6-8-22(9-7-13)17(25)14-11-26-18(20-14)21-15(23)10-12-4-2-1-3-5-12/h1-5,11,13H,6-10H2,(H2,19,24)(H,20,21,23). The van der Waals surface area contributed by atoms with E-state index in [0.717, 1.165) is 5.56 Å². The van der Waals surface area contributed by atoms with Gasteiger partial charge >= 0.3 is 0 Å². The Morgan fingerprint density at radius 3 is 2.54 bits per heavy atom. The zero-order chi connectivity index (χ0) is 18.5. The molecule has 0 spiro atoms. The molecule has 1 fully saturated rings. The zero-order valence-electron chi connectivity index (χ0n) is 14.2. The molecule has 0 saturated carbocycles. The van der Waals surface area contributed by atoms with Crippen molar-refractivity contribution in [3.05, 3.63) is 47.0 Å². The van der Waals surface area contributed by atoms with Crippen LogP contribution < -0.4 is 11.1 Å². The molecule has 136 valence electrons. The van der Waals surface area contributed by atoms with E-state index in [2.05, 4.69) is 10.3 Å². The van der Waals surface area contributed by atoms with Crippen molar-refractivity contribution in [2.45, 2.75) is 19.3 Å². The third kappa shape index (κ3) is 4.45. The van der Waals surface area contributed by atoms with E-state index >= 15 is 0 Å². The lowest BCUT2D eigenvalue weighted by Gasteiger charge is -2.29. The Balaban J connectivity index is 1.55. The van der Waals surface area contributed by atoms with Crippen molar-refractivity contribution in [3.8, 4) is 0 Å². The summed E-state index contributed by atoms with van der Waals surface area (Å²) < 4.78 is 0. The van der Waals surface area contributed by atoms with Crippen LogP contribution in [0.15, 0.2) is 35.7 Å². The van der Waals surface area contributed by atoms with Crippen molar-refractivity contribution in [2.75, 3.05) is 18.4 Å². The van der Waals surface area contributed by atoms with Crippen LogP contribution in [0.4, 0.5) is 5.13 Å². The number of nitrogens with one attached hydrogen (secondary N) is 1. The Morgan fingerprint density at radius 1 is 1.19 bits per heavy atom. The van der Waals surface area contributed by atoms with Gasteiger partial charge in [0.15, 0.2) is 5.13 Å². The van der Waals surface area contributed by atoms with Gasteiger partial charge in [-0.05, 0) is 18.4 Å². The van der Waals surface area contributed by atoms with E-state index in [1.807, 2.05) is 30.3 Å². The molecule has 3 N–H and O–H groups in total. The van der Waals surface area contributed by atoms with Gasteiger partial charge in [-0.25, -0.2) is 4.98 Å². The van der Waals surface area contributed by atoms with E-state index in [1.165, 1.54) is 11.3 Å². The molecule has 26 heavy (non-hydrogen) atoms. The first kappa shape index (κ1) is 18.1. The van der Waals surface area contributed by atoms with E-state index in [1.54, 1.807) is 10.3 Å². The number of rotatable bonds is 5. The van der Waals surface area contributed by atoms with Gasteiger partial charge in [0, 0.05) is 24.4 Å². The fraction of sp³-hybridized carbons (Fsp3) is 0.333. The van der Waals surface area contributed by atoms with Crippen LogP contribution in [0.2, 0.25) is 0 Å². The Hall–Kier alpha value is -2.74. The molecule has 3 amide bonds. The number of thiazole rings is 1. The molecular formula is C18H20N4O3S. The molecule has 3 rings (SSSR count). The summed E-state index contributed by atoms with van der Waals surface area (Å²) in [4.78, 5) is 41.7. The third-order valence-electron chi connectivity index (χ3n) is 4.36. The lowest BCUT2D eigenvalue weighted by atomic mass is 9.96. The molecule has 1 aliphatic heterocycles. The van der Waals surface area contributed by atoms with Crippen molar-refractivity contribution in [3.63, 3.8) is 0 Å². The maximum Gasteiger partial charge on any atom is 0.273 e. The van der Waals surface area contributed by atoms with Gasteiger partial charge in [-0.15, -0.1) is 11.3 Å². The molecule has 0 radical (unpaired) electrons. The number of aromatic nitrogens is 1. The van der Waals surface area contributed by atoms with Crippen LogP contribution in [0.3, 0.4) is 0 Å². The van der Waals surface area contributed by atoms with Crippen LogP contribution in [0.1, 0.15) is 28.9 Å². The highest BCUT2D eigenvalue weighted by Crippen LogP contribution is 2.21. The first-order chi connectivity index (χ1) is 12.5. The lowest BCUT2D eigenvalue weighted by Crippen LogP contribution is -2.41. The number of piperidine rings is 1. The SMILES string of the molecule is NC(=O)C1CCN(C(=O)c2csc(NC(=O)Cc3ccccc3)n2)CC1. The molecule has 0 aliphatic carbocycles. The van der Waals surface area contributed by atoms with Gasteiger partial charge in [0.25, 0.3) is 5.91 Å². The average Bonchev–Trinajstić information content (AvgIpc) is 3.10. The van der Waals surface area contributed by atoms with Gasteiger partial charge in [-0.1, -0.05) is 30.3 Å². The second kappa shape index (κ2) is 8.09. The monoisotopic (exact) mass is 372 g/mol. The summed E-state index contributed by atoms with van der Waals surface area (Å²) in [5, 5.41) is 4.77. The van der Waals surface area contributed by atoms with E-state index < -0.39 is 0 Å². The van der Waals surface area contributed by atoms with Crippen LogP contribution in [0.5, 0.6) is 0 Å². The molecule has 2 aromatic rings. The quantitative estimate of drug-likeness (QED) is 0.832. The zero-order valence-corrected chi connectivity index (χ0v) is 15.0. The Labute approximate surface area is 155 Å². The minimum atomic E-state index is -0.311. The first-order valence-corrected chi connectivity index (χ1v) is 9.29. The van der Waals surface area contributed by atoms with E-state index in [9.17, 15) is 14.4 Å². The van der Waals surface area contributed by atoms with Crippen LogP contribution >= 0.6 is 11.3 Å². The van der Waals surface area contributed by atoms with Gasteiger partial charge in [-0.2, -0.15) is 0 Å². The molecule has 7 nitrogen and oxygen atoms in total. The number of benzene rings is 1. The highest BCUT2D eigenvalue weighted by atomic mass is 32.1. The van der Waals surface area contributed by atoms with Crippen molar-refractivity contribution in [2.24, 2.45) is 11.7 Å². The second-order valence-corrected chi connectivity index (χ2v) is 7.08. The van der Waals surface area contributed by atoms with Gasteiger partial charge < -0.3 is 16.0 Å². The molecule has 2 heterocycles. The number of amides is 3. The number of primary amides is 1. The maximum atomic E-state index is 12.5. The predicted molar refractivity (Wildman–Crippen MR) is 98.7 cm³/mol. The van der Waals surface area contributed by atoms with Crippen LogP contribution in [0.25, 0.3) is 0 Å². The van der Waals surface area contributed by atoms with Gasteiger partial charge in [0.1, 0.15) is 5.69 Å². The summed E-state index contributed by atoms with van der Waals surface area (Å²) in [6, 6.07) is 9.42. The minimum absolute atomic E-state index is 0.165. The third-order valence-corrected chi connectivity index (χ3v) is 5.12. The summed E-state index contributed by atoms with van der Waals surface area (Å²) in [5.41, 5.74) is 6.53. The molecule has 0 unspecified atom stereocenters. The Bertz CT molecular complexity index is 798. The van der Waals surface area contributed by atoms with Crippen LogP contribution in [-0.2, 0) is 16.0 Å². The van der Waals surface area contributed by atoms with Crippen LogP contribution in [-0.4, -0.2) is 40.7 Å². The smallest absolute Gasteiger partial charge is 0.273 e. The van der Waals surface area contributed by atoms with Crippen molar-refractivity contribution in [1.29, 1.82) is 0 Å². The molecule has 0 bridgehead atoms. The number of carbonyl (C=O) groups excluding carboxylic acids is 3. The number of carbonyl (C=O) groups is 3. The molecule has 1 aromatic heterocycles. The number of hydrogen-bond acceptors (Lipinski definition) is 5. The molecular weight excluding hydrogens is 352 g/mol. The number of nitrogens with two attached hydrogens (primary N) is 1. The molecule has 0 atom stereocenters. The molecule has 1 aromatic carbocycles. The lowest BCUT2D eigenvalue weighted by molar-refractivity contribution is -0.123. The fourth-order valence-corrected chi connectivity index (χ4v) is 3.60. The molecule has 8 heteroatoms. The van der Waals surface area contributed by atoms with E-state index in [0.29, 0.717) is 36.8 Å². The first-order valence-electron chi connectivity index (χ1n) is 8.41. The van der Waals surface area contributed by atoms with Crippen LogP contribution in [0, 0.1) is 5.92 Å². The summed E-state index contributed by atoms with van der Waals surface area (Å²) in [6.07, 6.45) is 1.40. The number of hydrogen-bond donors (Lipinski definition) is 2. The van der Waals surface area contributed by atoms with Crippen molar-refractivity contribution in [1.82, 2.24) is 9.88 Å². The maximum absolute atomic E-state index is 12.5. The highest BCUT2D eigenvalue weighted by Gasteiger charge is 2.27. The highest BCUT2D eigenvalue weighted by molar-refractivity contribution is 7.14. The van der Waals surface area contributed by atoms with Gasteiger partial charge in [0.2, 0.25) is 11.8 Å². The Kier molecular flexibility index (Phi) is 5.62. The van der Waals surface area contributed by atoms with E-state index in [-0.39, 0.29) is 30.1 Å². The topological polar surface area (TPSA) is 105 Å². The van der Waals surface area contributed by atoms with E-state index in [4.69, 9.17) is 5.73 Å².